The predicted molar refractivity (Wildman–Crippen MR) is 73.9 cm³/mol. The van der Waals surface area contributed by atoms with Crippen molar-refractivity contribution in [2.45, 2.75) is 32.1 Å². The number of amides is 1. The highest BCUT2D eigenvalue weighted by Crippen LogP contribution is 2.49. The van der Waals surface area contributed by atoms with Crippen LogP contribution in [0.25, 0.3) is 0 Å². The third kappa shape index (κ3) is 2.57. The molecule has 102 valence electrons. The molecule has 0 saturated heterocycles. The Morgan fingerprint density at radius 2 is 2.21 bits per heavy atom. The maximum absolute atomic E-state index is 12.0. The molecule has 3 atom stereocenters. The van der Waals surface area contributed by atoms with Crippen molar-refractivity contribution < 1.29 is 4.79 Å². The number of carbonyl (C=O) groups excluding carboxylic acids is 1. The fraction of sp³-hybridized carbons (Fsp3) is 0.600. The van der Waals surface area contributed by atoms with Crippen LogP contribution in [-0.4, -0.2) is 10.5 Å². The Kier molecular flexibility index (Phi) is 3.17. The van der Waals surface area contributed by atoms with E-state index in [1.807, 2.05) is 0 Å². The molecule has 2 fully saturated rings. The molecule has 1 N–H and O–H groups in total. The standard InChI is InChI=1S/C15H20N2O2/c1-17-9-13(4-5-15(17)19)16-14(18)8-12-7-10-2-3-11(12)6-10/h4-5,9-12H,2-3,6-8H2,1H3,(H,16,18). The molecule has 4 nitrogen and oxygen atoms in total. The van der Waals surface area contributed by atoms with Crippen molar-refractivity contribution in [2.75, 3.05) is 5.32 Å². The van der Waals surface area contributed by atoms with Gasteiger partial charge in [-0.1, -0.05) is 6.42 Å². The van der Waals surface area contributed by atoms with Gasteiger partial charge in [-0.05, 0) is 43.1 Å². The van der Waals surface area contributed by atoms with E-state index in [0.29, 0.717) is 18.0 Å². The average Bonchev–Trinajstić information content (AvgIpc) is 2.96. The Morgan fingerprint density at radius 1 is 1.37 bits per heavy atom. The summed E-state index contributed by atoms with van der Waals surface area (Å²) >= 11 is 0. The van der Waals surface area contributed by atoms with E-state index in [0.717, 1.165) is 11.8 Å². The molecule has 3 unspecified atom stereocenters. The minimum absolute atomic E-state index is 0.0638. The second-order valence-corrected chi connectivity index (χ2v) is 6.05. The SMILES string of the molecule is Cn1cc(NC(=O)CC2CC3CCC2C3)ccc1=O. The largest absolute Gasteiger partial charge is 0.325 e. The molecule has 0 radical (unpaired) electrons. The number of nitrogens with one attached hydrogen (secondary N) is 1. The number of pyridine rings is 1. The summed E-state index contributed by atoms with van der Waals surface area (Å²) in [6.07, 6.45) is 7.53. The lowest BCUT2D eigenvalue weighted by molar-refractivity contribution is -0.117. The maximum atomic E-state index is 12.0. The van der Waals surface area contributed by atoms with Crippen LogP contribution in [0.5, 0.6) is 0 Å². The van der Waals surface area contributed by atoms with Gasteiger partial charge < -0.3 is 9.88 Å². The predicted octanol–water partition coefficient (Wildman–Crippen LogP) is 2.15. The monoisotopic (exact) mass is 260 g/mol. The zero-order valence-electron chi connectivity index (χ0n) is 11.3. The second kappa shape index (κ2) is 4.83. The van der Waals surface area contributed by atoms with Crippen LogP contribution in [0.1, 0.15) is 32.1 Å². The number of carbonyl (C=O) groups is 1. The molecule has 1 aromatic heterocycles. The van der Waals surface area contributed by atoms with Crippen LogP contribution >= 0.6 is 0 Å². The van der Waals surface area contributed by atoms with Gasteiger partial charge in [0.2, 0.25) is 11.5 Å². The molecule has 19 heavy (non-hydrogen) atoms. The third-order valence-electron chi connectivity index (χ3n) is 4.70. The number of fused-ring (bicyclic) bond motifs is 2. The number of hydrogen-bond donors (Lipinski definition) is 1. The number of rotatable bonds is 3. The Hall–Kier alpha value is -1.58. The van der Waals surface area contributed by atoms with Crippen LogP contribution < -0.4 is 10.9 Å². The summed E-state index contributed by atoms with van der Waals surface area (Å²) in [7, 11) is 1.69. The van der Waals surface area contributed by atoms with Gasteiger partial charge >= 0.3 is 0 Å². The fourth-order valence-electron chi connectivity index (χ4n) is 3.74. The molecule has 0 aromatic carbocycles. The number of anilines is 1. The van der Waals surface area contributed by atoms with Gasteiger partial charge in [-0.15, -0.1) is 0 Å². The highest BCUT2D eigenvalue weighted by atomic mass is 16.1. The summed E-state index contributed by atoms with van der Waals surface area (Å²) < 4.78 is 1.48. The van der Waals surface area contributed by atoms with E-state index in [9.17, 15) is 9.59 Å². The lowest BCUT2D eigenvalue weighted by Gasteiger charge is -2.20. The Balaban J connectivity index is 1.59. The first-order valence-electron chi connectivity index (χ1n) is 7.08. The van der Waals surface area contributed by atoms with E-state index in [1.165, 1.54) is 36.3 Å². The van der Waals surface area contributed by atoms with E-state index in [1.54, 1.807) is 19.3 Å². The lowest BCUT2D eigenvalue weighted by atomic mass is 9.86. The molecule has 0 spiro atoms. The molecule has 2 aliphatic rings. The van der Waals surface area contributed by atoms with Gasteiger partial charge in [0.15, 0.2) is 0 Å². The van der Waals surface area contributed by atoms with Gasteiger partial charge in [-0.25, -0.2) is 0 Å². The lowest BCUT2D eigenvalue weighted by Crippen LogP contribution is -2.21. The minimum atomic E-state index is -0.0638. The van der Waals surface area contributed by atoms with Crippen LogP contribution in [0.3, 0.4) is 0 Å². The van der Waals surface area contributed by atoms with Crippen molar-refractivity contribution in [3.63, 3.8) is 0 Å². The van der Waals surface area contributed by atoms with Gasteiger partial charge in [0.05, 0.1) is 5.69 Å². The molecule has 2 saturated carbocycles. The van der Waals surface area contributed by atoms with Gasteiger partial charge in [0, 0.05) is 25.7 Å². The van der Waals surface area contributed by atoms with Crippen LogP contribution in [0.4, 0.5) is 5.69 Å². The first kappa shape index (κ1) is 12.5. The van der Waals surface area contributed by atoms with E-state index in [4.69, 9.17) is 0 Å². The molecule has 1 aromatic rings. The van der Waals surface area contributed by atoms with Crippen LogP contribution in [-0.2, 0) is 11.8 Å². The van der Waals surface area contributed by atoms with Crippen molar-refractivity contribution in [3.05, 3.63) is 28.7 Å². The quantitative estimate of drug-likeness (QED) is 0.905. The highest BCUT2D eigenvalue weighted by molar-refractivity contribution is 5.90. The molecular formula is C15H20N2O2. The average molecular weight is 260 g/mol. The van der Waals surface area contributed by atoms with Crippen molar-refractivity contribution in [1.29, 1.82) is 0 Å². The Bertz CT molecular complexity index is 549. The zero-order valence-corrected chi connectivity index (χ0v) is 11.3. The first-order chi connectivity index (χ1) is 9.11. The van der Waals surface area contributed by atoms with Gasteiger partial charge in [-0.2, -0.15) is 0 Å². The molecule has 2 bridgehead atoms. The minimum Gasteiger partial charge on any atom is -0.325 e. The smallest absolute Gasteiger partial charge is 0.250 e. The molecule has 4 heteroatoms. The highest BCUT2D eigenvalue weighted by Gasteiger charge is 2.40. The van der Waals surface area contributed by atoms with Crippen molar-refractivity contribution >= 4 is 11.6 Å². The molecule has 1 amide bonds. The summed E-state index contributed by atoms with van der Waals surface area (Å²) in [5.74, 6) is 2.30. The molecule has 3 rings (SSSR count). The van der Waals surface area contributed by atoms with Crippen molar-refractivity contribution in [2.24, 2.45) is 24.8 Å². The van der Waals surface area contributed by atoms with Gasteiger partial charge in [0.25, 0.3) is 0 Å². The second-order valence-electron chi connectivity index (χ2n) is 6.05. The van der Waals surface area contributed by atoms with Gasteiger partial charge in [0.1, 0.15) is 0 Å². The third-order valence-corrected chi connectivity index (χ3v) is 4.70. The number of aromatic nitrogens is 1. The molecular weight excluding hydrogens is 240 g/mol. The zero-order chi connectivity index (χ0) is 13.4. The van der Waals surface area contributed by atoms with Crippen LogP contribution in [0, 0.1) is 17.8 Å². The normalized spacial score (nSPS) is 28.6. The maximum Gasteiger partial charge on any atom is 0.250 e. The molecule has 1 heterocycles. The number of hydrogen-bond acceptors (Lipinski definition) is 2. The topological polar surface area (TPSA) is 51.1 Å². The summed E-state index contributed by atoms with van der Waals surface area (Å²) in [4.78, 5) is 23.3. The van der Waals surface area contributed by atoms with E-state index in [-0.39, 0.29) is 11.5 Å². The van der Waals surface area contributed by atoms with E-state index < -0.39 is 0 Å². The van der Waals surface area contributed by atoms with Crippen LogP contribution in [0.15, 0.2) is 23.1 Å². The number of aryl methyl sites for hydroxylation is 1. The summed E-state index contributed by atoms with van der Waals surface area (Å²) in [5.41, 5.74) is 0.640. The van der Waals surface area contributed by atoms with E-state index in [2.05, 4.69) is 5.32 Å². The van der Waals surface area contributed by atoms with Crippen LogP contribution in [0.2, 0.25) is 0 Å². The van der Waals surface area contributed by atoms with Crippen molar-refractivity contribution in [3.8, 4) is 0 Å². The summed E-state index contributed by atoms with van der Waals surface area (Å²) in [6.45, 7) is 0. The molecule has 2 aliphatic carbocycles. The summed E-state index contributed by atoms with van der Waals surface area (Å²) in [5, 5.41) is 2.90. The Labute approximate surface area is 112 Å². The first-order valence-corrected chi connectivity index (χ1v) is 7.08. The number of nitrogens with zero attached hydrogens (tertiary/aromatic N) is 1. The fourth-order valence-corrected chi connectivity index (χ4v) is 3.74. The van der Waals surface area contributed by atoms with Gasteiger partial charge in [-0.3, -0.25) is 9.59 Å². The Morgan fingerprint density at radius 3 is 2.84 bits per heavy atom. The van der Waals surface area contributed by atoms with E-state index >= 15 is 0 Å². The van der Waals surface area contributed by atoms with Crippen molar-refractivity contribution in [1.82, 2.24) is 4.57 Å². The summed E-state index contributed by atoms with van der Waals surface area (Å²) in [6, 6.07) is 3.15. The molecule has 0 aliphatic heterocycles.